The van der Waals surface area contributed by atoms with Crippen LogP contribution >= 0.6 is 0 Å². The van der Waals surface area contributed by atoms with E-state index in [1.165, 1.54) is 89.9 Å². The van der Waals surface area contributed by atoms with Gasteiger partial charge in [0, 0.05) is 0 Å². The zero-order chi connectivity index (χ0) is 13.6. The minimum Gasteiger partial charge on any atom is -0.411 e. The Kier molecular flexibility index (Phi) is 10.9. The highest BCUT2D eigenvalue weighted by molar-refractivity contribution is 5.83. The van der Waals surface area contributed by atoms with Gasteiger partial charge in [0.1, 0.15) is 0 Å². The van der Waals surface area contributed by atoms with Crippen LogP contribution in [-0.2, 0) is 0 Å². The molecule has 0 atom stereocenters. The Bertz CT molecular complexity index is 205. The van der Waals surface area contributed by atoms with Gasteiger partial charge in [-0.05, 0) is 25.7 Å². The van der Waals surface area contributed by atoms with E-state index >= 15 is 0 Å². The smallest absolute Gasteiger partial charge is 0.0570 e. The average molecular weight is 267 g/mol. The van der Waals surface area contributed by atoms with E-state index < -0.39 is 0 Å². The SMILES string of the molecule is ON=C1CCCCCCCCCCCCCCCC1. The second-order valence-corrected chi connectivity index (χ2v) is 6.12. The molecule has 1 aliphatic carbocycles. The third-order valence-corrected chi connectivity index (χ3v) is 4.32. The van der Waals surface area contributed by atoms with Crippen LogP contribution in [0.3, 0.4) is 0 Å². The van der Waals surface area contributed by atoms with Crippen molar-refractivity contribution in [2.75, 3.05) is 0 Å². The summed E-state index contributed by atoms with van der Waals surface area (Å²) in [5.41, 5.74) is 1.03. The Hall–Kier alpha value is -0.530. The molecule has 1 N–H and O–H groups in total. The fourth-order valence-electron chi connectivity index (χ4n) is 3.00. The normalized spacial score (nSPS) is 22.6. The van der Waals surface area contributed by atoms with Gasteiger partial charge in [0.2, 0.25) is 0 Å². The lowest BCUT2D eigenvalue weighted by Gasteiger charge is -2.04. The van der Waals surface area contributed by atoms with E-state index in [9.17, 15) is 0 Å². The fraction of sp³-hybridized carbons (Fsp3) is 0.941. The molecule has 19 heavy (non-hydrogen) atoms. The van der Waals surface area contributed by atoms with Crippen LogP contribution in [0.25, 0.3) is 0 Å². The molecule has 0 aromatic heterocycles. The molecule has 112 valence electrons. The molecule has 0 aliphatic heterocycles. The summed E-state index contributed by atoms with van der Waals surface area (Å²) in [6, 6.07) is 0. The van der Waals surface area contributed by atoms with Crippen LogP contribution in [-0.4, -0.2) is 10.9 Å². The first-order valence-electron chi connectivity index (χ1n) is 8.63. The number of oxime groups is 1. The van der Waals surface area contributed by atoms with E-state index in [2.05, 4.69) is 5.16 Å². The molecule has 0 aromatic carbocycles. The summed E-state index contributed by atoms with van der Waals surface area (Å²) in [5, 5.41) is 12.5. The first-order chi connectivity index (χ1) is 9.43. The molecule has 2 heteroatoms. The highest BCUT2D eigenvalue weighted by Crippen LogP contribution is 2.15. The molecule has 0 spiro atoms. The second-order valence-electron chi connectivity index (χ2n) is 6.12. The van der Waals surface area contributed by atoms with Crippen LogP contribution in [0.4, 0.5) is 0 Å². The quantitative estimate of drug-likeness (QED) is 0.419. The van der Waals surface area contributed by atoms with E-state index in [4.69, 9.17) is 5.21 Å². The fourth-order valence-corrected chi connectivity index (χ4v) is 3.00. The zero-order valence-electron chi connectivity index (χ0n) is 12.7. The number of hydrogen-bond donors (Lipinski definition) is 1. The molecule has 1 fully saturated rings. The van der Waals surface area contributed by atoms with Gasteiger partial charge < -0.3 is 5.21 Å². The highest BCUT2D eigenvalue weighted by atomic mass is 16.4. The first kappa shape index (κ1) is 16.5. The van der Waals surface area contributed by atoms with Crippen molar-refractivity contribution in [2.45, 2.75) is 103 Å². The molecule has 0 aromatic rings. The van der Waals surface area contributed by atoms with Gasteiger partial charge >= 0.3 is 0 Å². The first-order valence-corrected chi connectivity index (χ1v) is 8.63. The van der Waals surface area contributed by atoms with Gasteiger partial charge in [0.25, 0.3) is 0 Å². The number of hydrogen-bond acceptors (Lipinski definition) is 2. The maximum absolute atomic E-state index is 9.00. The second kappa shape index (κ2) is 12.5. The van der Waals surface area contributed by atoms with Gasteiger partial charge in [0.05, 0.1) is 5.71 Å². The van der Waals surface area contributed by atoms with E-state index in [-0.39, 0.29) is 0 Å². The van der Waals surface area contributed by atoms with E-state index in [1.54, 1.807) is 0 Å². The monoisotopic (exact) mass is 267 g/mol. The van der Waals surface area contributed by atoms with Crippen molar-refractivity contribution in [1.29, 1.82) is 0 Å². The lowest BCUT2D eigenvalue weighted by molar-refractivity contribution is 0.315. The maximum atomic E-state index is 9.00. The van der Waals surface area contributed by atoms with E-state index in [0.717, 1.165) is 18.6 Å². The molecule has 1 aliphatic rings. The topological polar surface area (TPSA) is 32.6 Å². The molecule has 0 saturated heterocycles. The predicted octanol–water partition coefficient (Wildman–Crippen LogP) is 6.07. The molecule has 2 nitrogen and oxygen atoms in total. The van der Waals surface area contributed by atoms with Crippen molar-refractivity contribution in [2.24, 2.45) is 5.16 Å². The van der Waals surface area contributed by atoms with Crippen LogP contribution < -0.4 is 0 Å². The number of nitrogens with zero attached hydrogens (tertiary/aromatic N) is 1. The van der Waals surface area contributed by atoms with Gasteiger partial charge in [-0.25, -0.2) is 0 Å². The molecular formula is C17H33NO. The van der Waals surface area contributed by atoms with Crippen molar-refractivity contribution < 1.29 is 5.21 Å². The lowest BCUT2D eigenvalue weighted by atomic mass is 10.0. The molecule has 0 bridgehead atoms. The lowest BCUT2D eigenvalue weighted by Crippen LogP contribution is -1.99. The molecule has 1 saturated carbocycles. The Balaban J connectivity index is 2.19. The Morgan fingerprint density at radius 1 is 0.474 bits per heavy atom. The third kappa shape index (κ3) is 9.98. The van der Waals surface area contributed by atoms with Crippen molar-refractivity contribution in [1.82, 2.24) is 0 Å². The molecular weight excluding hydrogens is 234 g/mol. The number of rotatable bonds is 0. The van der Waals surface area contributed by atoms with Crippen LogP contribution in [0, 0.1) is 0 Å². The summed E-state index contributed by atoms with van der Waals surface area (Å²) in [4.78, 5) is 0. The van der Waals surface area contributed by atoms with Crippen LogP contribution in [0.15, 0.2) is 5.16 Å². The van der Waals surface area contributed by atoms with Crippen molar-refractivity contribution >= 4 is 5.71 Å². The molecule has 0 amide bonds. The minimum atomic E-state index is 1.01. The van der Waals surface area contributed by atoms with E-state index in [1.807, 2.05) is 0 Å². The van der Waals surface area contributed by atoms with Gasteiger partial charge in [-0.1, -0.05) is 82.2 Å². The summed E-state index contributed by atoms with van der Waals surface area (Å²) in [6.07, 6.45) is 21.1. The van der Waals surface area contributed by atoms with Crippen molar-refractivity contribution in [3.63, 3.8) is 0 Å². The van der Waals surface area contributed by atoms with Crippen molar-refractivity contribution in [3.05, 3.63) is 0 Å². The van der Waals surface area contributed by atoms with Gasteiger partial charge in [0.15, 0.2) is 0 Å². The van der Waals surface area contributed by atoms with Crippen LogP contribution in [0.2, 0.25) is 0 Å². The molecule has 0 unspecified atom stereocenters. The minimum absolute atomic E-state index is 1.01. The average Bonchev–Trinajstić information content (AvgIpc) is 2.44. The molecule has 0 heterocycles. The third-order valence-electron chi connectivity index (χ3n) is 4.32. The molecule has 1 rings (SSSR count). The summed E-state index contributed by atoms with van der Waals surface area (Å²) in [7, 11) is 0. The maximum Gasteiger partial charge on any atom is 0.0570 e. The van der Waals surface area contributed by atoms with Crippen LogP contribution in [0.1, 0.15) is 103 Å². The van der Waals surface area contributed by atoms with Gasteiger partial charge in [-0.3, -0.25) is 0 Å². The largest absolute Gasteiger partial charge is 0.411 e. The zero-order valence-corrected chi connectivity index (χ0v) is 12.7. The highest BCUT2D eigenvalue weighted by Gasteiger charge is 2.02. The van der Waals surface area contributed by atoms with Crippen LogP contribution in [0.5, 0.6) is 0 Å². The Morgan fingerprint density at radius 2 is 0.737 bits per heavy atom. The van der Waals surface area contributed by atoms with Crippen molar-refractivity contribution in [3.8, 4) is 0 Å². The van der Waals surface area contributed by atoms with Gasteiger partial charge in [-0.2, -0.15) is 0 Å². The molecule has 0 radical (unpaired) electrons. The summed E-state index contributed by atoms with van der Waals surface area (Å²) in [5.74, 6) is 0. The van der Waals surface area contributed by atoms with Gasteiger partial charge in [-0.15, -0.1) is 0 Å². The standard InChI is InChI=1S/C17H33NO/c19-18-17-15-13-11-9-7-5-3-1-2-4-6-8-10-12-14-16-17/h19H,1-16H2. The Labute approximate surface area is 119 Å². The summed E-state index contributed by atoms with van der Waals surface area (Å²) >= 11 is 0. The predicted molar refractivity (Wildman–Crippen MR) is 83.1 cm³/mol. The summed E-state index contributed by atoms with van der Waals surface area (Å²) < 4.78 is 0. The van der Waals surface area contributed by atoms with E-state index in [0.29, 0.717) is 0 Å². The summed E-state index contributed by atoms with van der Waals surface area (Å²) in [6.45, 7) is 0. The Morgan fingerprint density at radius 3 is 1.00 bits per heavy atom.